The molecule has 0 fully saturated rings. The van der Waals surface area contributed by atoms with Gasteiger partial charge in [-0.1, -0.05) is 30.4 Å². The van der Waals surface area contributed by atoms with Gasteiger partial charge in [-0.25, -0.2) is 0 Å². The molecule has 1 unspecified atom stereocenters. The molecule has 3 nitrogen and oxygen atoms in total. The van der Waals surface area contributed by atoms with Crippen molar-refractivity contribution < 1.29 is 5.11 Å². The number of para-hydroxylation sites is 1. The van der Waals surface area contributed by atoms with Gasteiger partial charge < -0.3 is 15.4 Å². The molecule has 0 aliphatic carbocycles. The zero-order valence-corrected chi connectivity index (χ0v) is 9.35. The minimum atomic E-state index is -0.534. The lowest BCUT2D eigenvalue weighted by molar-refractivity contribution is 0.206. The van der Waals surface area contributed by atoms with E-state index < -0.39 is 5.54 Å². The normalized spacial score (nSPS) is 22.9. The molecule has 0 amide bonds. The van der Waals surface area contributed by atoms with Crippen LogP contribution in [-0.2, 0) is 5.54 Å². The molecule has 0 bridgehead atoms. The first-order valence-electron chi connectivity index (χ1n) is 5.65. The van der Waals surface area contributed by atoms with Gasteiger partial charge in [0.2, 0.25) is 0 Å². The van der Waals surface area contributed by atoms with Crippen molar-refractivity contribution in [3.63, 3.8) is 0 Å². The van der Waals surface area contributed by atoms with Gasteiger partial charge in [0, 0.05) is 11.2 Å². The van der Waals surface area contributed by atoms with Crippen LogP contribution in [0.3, 0.4) is 0 Å². The number of aromatic amines is 1. The Morgan fingerprint density at radius 3 is 2.76 bits per heavy atom. The fraction of sp³-hybridized carbons (Fsp3) is 0.143. The van der Waals surface area contributed by atoms with Gasteiger partial charge in [0.1, 0.15) is 5.54 Å². The fourth-order valence-corrected chi connectivity index (χ4v) is 2.19. The van der Waals surface area contributed by atoms with Crippen LogP contribution in [0, 0.1) is 0 Å². The van der Waals surface area contributed by atoms with E-state index in [1.807, 2.05) is 42.6 Å². The number of hydrogen-bond acceptors (Lipinski definition) is 2. The molecule has 17 heavy (non-hydrogen) atoms. The molecule has 3 N–H and O–H groups in total. The Morgan fingerprint density at radius 1 is 1.18 bits per heavy atom. The summed E-state index contributed by atoms with van der Waals surface area (Å²) in [6.07, 6.45) is 7.67. The first-order chi connectivity index (χ1) is 8.34. The van der Waals surface area contributed by atoms with E-state index in [4.69, 9.17) is 0 Å². The maximum Gasteiger partial charge on any atom is 0.119 e. The predicted molar refractivity (Wildman–Crippen MR) is 68.5 cm³/mol. The molecular weight excluding hydrogens is 212 g/mol. The van der Waals surface area contributed by atoms with Crippen LogP contribution >= 0.6 is 0 Å². The van der Waals surface area contributed by atoms with Crippen LogP contribution in [-0.4, -0.2) is 16.7 Å². The average Bonchev–Trinajstić information content (AvgIpc) is 2.84. The van der Waals surface area contributed by atoms with E-state index in [1.54, 1.807) is 0 Å². The Labute approximate surface area is 99.5 Å². The largest absolute Gasteiger partial charge is 0.393 e. The van der Waals surface area contributed by atoms with Crippen LogP contribution in [0.15, 0.2) is 54.8 Å². The molecule has 1 aliphatic rings. The Bertz CT molecular complexity index is 564. The first kappa shape index (κ1) is 10.2. The van der Waals surface area contributed by atoms with Gasteiger partial charge >= 0.3 is 0 Å². The third-order valence-corrected chi connectivity index (χ3v) is 3.19. The number of aliphatic hydroxyl groups excluding tert-OH is 1. The predicted octanol–water partition coefficient (Wildman–Crippen LogP) is 2.03. The zero-order chi connectivity index (χ0) is 11.7. The summed E-state index contributed by atoms with van der Waals surface area (Å²) in [6, 6.07) is 10.2. The maximum absolute atomic E-state index is 9.65. The lowest BCUT2D eigenvalue weighted by Gasteiger charge is -2.29. The second-order valence-electron chi connectivity index (χ2n) is 4.26. The van der Waals surface area contributed by atoms with E-state index in [1.165, 1.54) is 0 Å². The number of dihydropyridines is 1. The number of nitrogens with one attached hydrogen (secondary N) is 2. The quantitative estimate of drug-likeness (QED) is 0.733. The molecule has 0 saturated carbocycles. The van der Waals surface area contributed by atoms with E-state index in [-0.39, 0.29) is 6.61 Å². The van der Waals surface area contributed by atoms with Gasteiger partial charge in [-0.3, -0.25) is 0 Å². The lowest BCUT2D eigenvalue weighted by atomic mass is 9.94. The SMILES string of the molecule is OCC1(c2cc3ccccc3[nH]2)C=CC=CN1. The summed E-state index contributed by atoms with van der Waals surface area (Å²) in [5, 5.41) is 14.0. The van der Waals surface area contributed by atoms with Gasteiger partial charge in [-0.2, -0.15) is 0 Å². The molecule has 0 saturated heterocycles. The van der Waals surface area contributed by atoms with Crippen molar-refractivity contribution in [1.29, 1.82) is 0 Å². The van der Waals surface area contributed by atoms with E-state index in [9.17, 15) is 5.11 Å². The number of aliphatic hydroxyl groups is 1. The Morgan fingerprint density at radius 2 is 2.06 bits per heavy atom. The average molecular weight is 226 g/mol. The van der Waals surface area contributed by atoms with Gasteiger partial charge in [-0.15, -0.1) is 0 Å². The van der Waals surface area contributed by atoms with Crippen LogP contribution < -0.4 is 5.32 Å². The zero-order valence-electron chi connectivity index (χ0n) is 9.35. The van der Waals surface area contributed by atoms with Crippen molar-refractivity contribution in [2.24, 2.45) is 0 Å². The lowest BCUT2D eigenvalue weighted by Crippen LogP contribution is -2.42. The molecule has 1 aliphatic heterocycles. The summed E-state index contributed by atoms with van der Waals surface area (Å²) in [4.78, 5) is 3.35. The number of fused-ring (bicyclic) bond motifs is 1. The van der Waals surface area contributed by atoms with E-state index >= 15 is 0 Å². The van der Waals surface area contributed by atoms with Crippen molar-refractivity contribution in [1.82, 2.24) is 10.3 Å². The van der Waals surface area contributed by atoms with Crippen molar-refractivity contribution in [2.75, 3.05) is 6.61 Å². The Balaban J connectivity index is 2.13. The van der Waals surface area contributed by atoms with Gasteiger partial charge in [0.05, 0.1) is 6.61 Å². The monoisotopic (exact) mass is 226 g/mol. The maximum atomic E-state index is 9.65. The molecule has 1 atom stereocenters. The highest BCUT2D eigenvalue weighted by atomic mass is 16.3. The Kier molecular flexibility index (Phi) is 2.27. The number of H-pyrrole nitrogens is 1. The highest BCUT2D eigenvalue weighted by molar-refractivity contribution is 5.80. The number of aromatic nitrogens is 1. The molecule has 0 radical (unpaired) electrons. The second kappa shape index (κ2) is 3.79. The van der Waals surface area contributed by atoms with Gasteiger partial charge in [0.25, 0.3) is 0 Å². The molecule has 0 spiro atoms. The third kappa shape index (κ3) is 1.56. The van der Waals surface area contributed by atoms with Crippen LogP contribution in [0.5, 0.6) is 0 Å². The molecule has 2 aromatic rings. The number of hydrogen-bond donors (Lipinski definition) is 3. The highest BCUT2D eigenvalue weighted by Crippen LogP contribution is 2.27. The summed E-state index contributed by atoms with van der Waals surface area (Å²) in [5.74, 6) is 0. The minimum Gasteiger partial charge on any atom is -0.393 e. The molecule has 3 rings (SSSR count). The summed E-state index contributed by atoms with van der Waals surface area (Å²) in [7, 11) is 0. The van der Waals surface area contributed by atoms with E-state index in [2.05, 4.69) is 22.4 Å². The third-order valence-electron chi connectivity index (χ3n) is 3.19. The summed E-state index contributed by atoms with van der Waals surface area (Å²) in [6.45, 7) is 0.0145. The number of benzene rings is 1. The molecule has 1 aromatic heterocycles. The topological polar surface area (TPSA) is 48.0 Å². The summed E-state index contributed by atoms with van der Waals surface area (Å²) < 4.78 is 0. The Hall–Kier alpha value is -2.00. The van der Waals surface area contributed by atoms with Crippen molar-refractivity contribution >= 4 is 10.9 Å². The van der Waals surface area contributed by atoms with Crippen molar-refractivity contribution in [2.45, 2.75) is 5.54 Å². The first-order valence-corrected chi connectivity index (χ1v) is 5.65. The highest BCUT2D eigenvalue weighted by Gasteiger charge is 2.30. The van der Waals surface area contributed by atoms with E-state index in [0.29, 0.717) is 0 Å². The molecule has 1 aromatic carbocycles. The van der Waals surface area contributed by atoms with Crippen LogP contribution in [0.25, 0.3) is 10.9 Å². The van der Waals surface area contributed by atoms with Crippen LogP contribution in [0.4, 0.5) is 0 Å². The number of allylic oxidation sites excluding steroid dienone is 2. The van der Waals surface area contributed by atoms with Crippen LogP contribution in [0.1, 0.15) is 5.69 Å². The molecule has 3 heteroatoms. The minimum absolute atomic E-state index is 0.0145. The van der Waals surface area contributed by atoms with Gasteiger partial charge in [-0.05, 0) is 29.8 Å². The molecular formula is C14H14N2O. The summed E-state index contributed by atoms with van der Waals surface area (Å²) >= 11 is 0. The fourth-order valence-electron chi connectivity index (χ4n) is 2.19. The van der Waals surface area contributed by atoms with E-state index in [0.717, 1.165) is 16.6 Å². The molecule has 86 valence electrons. The van der Waals surface area contributed by atoms with Crippen LogP contribution in [0.2, 0.25) is 0 Å². The van der Waals surface area contributed by atoms with Crippen molar-refractivity contribution in [3.8, 4) is 0 Å². The van der Waals surface area contributed by atoms with Crippen molar-refractivity contribution in [3.05, 3.63) is 60.5 Å². The molecule has 2 heterocycles. The second-order valence-corrected chi connectivity index (χ2v) is 4.26. The number of rotatable bonds is 2. The van der Waals surface area contributed by atoms with Gasteiger partial charge in [0.15, 0.2) is 0 Å². The smallest absolute Gasteiger partial charge is 0.119 e. The summed E-state index contributed by atoms with van der Waals surface area (Å²) in [5.41, 5.74) is 1.52. The standard InChI is InChI=1S/C14H14N2O/c17-10-14(7-3-4-8-15-14)13-9-11-5-1-2-6-12(11)16-13/h1-9,15-17H,10H2.